The van der Waals surface area contributed by atoms with E-state index < -0.39 is 0 Å². The average molecular weight is 490 g/mol. The molecule has 0 saturated heterocycles. The van der Waals surface area contributed by atoms with Crippen LogP contribution in [0.4, 0.5) is 11.4 Å². The molecule has 35 heavy (non-hydrogen) atoms. The molecule has 1 aromatic heterocycles. The van der Waals surface area contributed by atoms with Crippen LogP contribution in [0.15, 0.2) is 66.9 Å². The molecule has 3 aromatic carbocycles. The molecule has 1 heterocycles. The summed E-state index contributed by atoms with van der Waals surface area (Å²) in [5, 5.41) is 13.8. The molecule has 0 aliphatic carbocycles. The molecule has 0 aliphatic rings. The number of halogens is 1. The molecule has 1 N–H and O–H groups in total. The quantitative estimate of drug-likeness (QED) is 0.197. The smallest absolute Gasteiger partial charge is 0.169 e. The van der Waals surface area contributed by atoms with Crippen LogP contribution in [0.5, 0.6) is 28.7 Å². The Bertz CT molecular complexity index is 1350. The lowest BCUT2D eigenvalue weighted by atomic mass is 10.1. The number of benzene rings is 3. The molecule has 0 fully saturated rings. The Morgan fingerprint density at radius 2 is 1.69 bits per heavy atom. The number of nitrogens with one attached hydrogen (secondary N) is 1. The molecule has 0 atom stereocenters. The van der Waals surface area contributed by atoms with E-state index in [1.54, 1.807) is 26.5 Å². The van der Waals surface area contributed by atoms with E-state index in [-0.39, 0.29) is 0 Å². The van der Waals surface area contributed by atoms with Crippen LogP contribution >= 0.6 is 11.6 Å². The number of fused-ring (bicyclic) bond motifs is 1. The zero-order chi connectivity index (χ0) is 24.6. The van der Waals surface area contributed by atoms with Gasteiger partial charge < -0.3 is 24.3 Å². The van der Waals surface area contributed by atoms with Crippen LogP contribution in [0.2, 0.25) is 0 Å². The maximum Gasteiger partial charge on any atom is 0.169 e. The van der Waals surface area contributed by atoms with Gasteiger partial charge in [-0.2, -0.15) is 5.26 Å². The van der Waals surface area contributed by atoms with Gasteiger partial charge >= 0.3 is 0 Å². The Morgan fingerprint density at radius 3 is 2.37 bits per heavy atom. The summed E-state index contributed by atoms with van der Waals surface area (Å²) in [6.07, 6.45) is 2.26. The van der Waals surface area contributed by atoms with Gasteiger partial charge in [-0.3, -0.25) is 4.98 Å². The number of para-hydroxylation sites is 2. The molecule has 4 rings (SSSR count). The number of ether oxygens (including phenoxy) is 4. The largest absolute Gasteiger partial charge is 0.493 e. The first-order chi connectivity index (χ1) is 17.2. The van der Waals surface area contributed by atoms with Crippen molar-refractivity contribution in [1.82, 2.24) is 4.98 Å². The highest BCUT2D eigenvalue weighted by atomic mass is 35.5. The summed E-state index contributed by atoms with van der Waals surface area (Å²) in [7, 11) is 3.18. The van der Waals surface area contributed by atoms with Crippen molar-refractivity contribution in [2.75, 3.05) is 32.0 Å². The molecule has 8 heteroatoms. The van der Waals surface area contributed by atoms with Crippen molar-refractivity contribution in [2.24, 2.45) is 0 Å². The minimum atomic E-state index is 0.407. The maximum atomic E-state index is 9.71. The fourth-order valence-corrected chi connectivity index (χ4v) is 3.62. The number of alkyl halides is 1. The number of aromatic nitrogens is 1. The van der Waals surface area contributed by atoms with Gasteiger partial charge in [0.05, 0.1) is 37.6 Å². The zero-order valence-electron chi connectivity index (χ0n) is 19.4. The second-order valence-corrected chi connectivity index (χ2v) is 7.85. The number of nitrogens with zero attached hydrogens (tertiary/aromatic N) is 2. The number of rotatable bonds is 10. The Hall–Kier alpha value is -4.15. The first kappa shape index (κ1) is 24.0. The second-order valence-electron chi connectivity index (χ2n) is 7.47. The van der Waals surface area contributed by atoms with E-state index >= 15 is 0 Å². The third kappa shape index (κ3) is 5.51. The monoisotopic (exact) mass is 489 g/mol. The molecule has 0 amide bonds. The minimum absolute atomic E-state index is 0.407. The van der Waals surface area contributed by atoms with Crippen molar-refractivity contribution in [1.29, 1.82) is 5.26 Å². The summed E-state index contributed by atoms with van der Waals surface area (Å²) < 4.78 is 22.6. The third-order valence-electron chi connectivity index (χ3n) is 5.23. The number of hydrogen-bond donors (Lipinski definition) is 1. The van der Waals surface area contributed by atoms with Crippen molar-refractivity contribution in [3.63, 3.8) is 0 Å². The van der Waals surface area contributed by atoms with E-state index in [2.05, 4.69) is 16.4 Å². The van der Waals surface area contributed by atoms with E-state index in [9.17, 15) is 5.26 Å². The summed E-state index contributed by atoms with van der Waals surface area (Å²) in [6, 6.07) is 20.7. The van der Waals surface area contributed by atoms with E-state index in [0.29, 0.717) is 64.4 Å². The number of hydrogen-bond acceptors (Lipinski definition) is 7. The molecule has 178 valence electrons. The topological polar surface area (TPSA) is 85.6 Å². The molecular weight excluding hydrogens is 466 g/mol. The molecule has 0 saturated carbocycles. The van der Waals surface area contributed by atoms with Gasteiger partial charge in [0.25, 0.3) is 0 Å². The lowest BCUT2D eigenvalue weighted by Gasteiger charge is -2.15. The van der Waals surface area contributed by atoms with Crippen LogP contribution in [0, 0.1) is 11.3 Å². The van der Waals surface area contributed by atoms with Crippen LogP contribution in [-0.4, -0.2) is 31.7 Å². The van der Waals surface area contributed by atoms with Crippen molar-refractivity contribution in [3.8, 4) is 34.8 Å². The van der Waals surface area contributed by atoms with Gasteiger partial charge in [-0.05, 0) is 48.9 Å². The SMILES string of the molecule is COc1cc2c(Nc3ccc(Oc4ccccc4OC)cc3)c(C#N)cnc2cc1OCCCCl. The maximum absolute atomic E-state index is 9.71. The molecule has 0 bridgehead atoms. The summed E-state index contributed by atoms with van der Waals surface area (Å²) in [6.45, 7) is 0.468. The van der Waals surface area contributed by atoms with Crippen LogP contribution in [-0.2, 0) is 0 Å². The lowest BCUT2D eigenvalue weighted by molar-refractivity contribution is 0.295. The summed E-state index contributed by atoms with van der Waals surface area (Å²) in [4.78, 5) is 4.44. The molecule has 0 spiro atoms. The van der Waals surface area contributed by atoms with E-state index in [0.717, 1.165) is 11.1 Å². The highest BCUT2D eigenvalue weighted by Crippen LogP contribution is 2.38. The summed E-state index contributed by atoms with van der Waals surface area (Å²) >= 11 is 5.76. The average Bonchev–Trinajstić information content (AvgIpc) is 2.90. The normalized spacial score (nSPS) is 10.5. The van der Waals surface area contributed by atoms with Crippen molar-refractivity contribution in [2.45, 2.75) is 6.42 Å². The number of anilines is 2. The molecule has 0 aliphatic heterocycles. The number of pyridine rings is 1. The van der Waals surface area contributed by atoms with Crippen LogP contribution < -0.4 is 24.3 Å². The van der Waals surface area contributed by atoms with E-state index in [1.807, 2.05) is 54.6 Å². The van der Waals surface area contributed by atoms with Crippen molar-refractivity contribution >= 4 is 33.9 Å². The summed E-state index contributed by atoms with van der Waals surface area (Å²) in [5.41, 5.74) is 2.48. The molecule has 0 unspecified atom stereocenters. The molecular formula is C27H24ClN3O4. The zero-order valence-corrected chi connectivity index (χ0v) is 20.1. The van der Waals surface area contributed by atoms with Crippen molar-refractivity contribution in [3.05, 3.63) is 72.4 Å². The first-order valence-corrected chi connectivity index (χ1v) is 11.5. The minimum Gasteiger partial charge on any atom is -0.493 e. The van der Waals surface area contributed by atoms with Crippen molar-refractivity contribution < 1.29 is 18.9 Å². The number of methoxy groups -OCH3 is 2. The lowest BCUT2D eigenvalue weighted by Crippen LogP contribution is -2.02. The molecule has 0 radical (unpaired) electrons. The predicted octanol–water partition coefficient (Wildman–Crippen LogP) is 6.67. The van der Waals surface area contributed by atoms with E-state index in [1.165, 1.54) is 0 Å². The second kappa shape index (κ2) is 11.3. The van der Waals surface area contributed by atoms with Gasteiger partial charge in [0.2, 0.25) is 0 Å². The van der Waals surface area contributed by atoms with Gasteiger partial charge in [0.1, 0.15) is 11.8 Å². The fourth-order valence-electron chi connectivity index (χ4n) is 3.51. The van der Waals surface area contributed by atoms with Gasteiger partial charge in [0.15, 0.2) is 23.0 Å². The number of nitriles is 1. The predicted molar refractivity (Wildman–Crippen MR) is 137 cm³/mol. The molecule has 7 nitrogen and oxygen atoms in total. The van der Waals surface area contributed by atoms with Gasteiger partial charge in [0, 0.05) is 29.2 Å². The van der Waals surface area contributed by atoms with Gasteiger partial charge in [-0.15, -0.1) is 11.6 Å². The standard InChI is InChI=1S/C27H24ClN3O4/c1-32-23-6-3-4-7-24(23)35-20-10-8-19(9-11-20)31-27-18(16-29)17-30-22-15-26(34-13-5-12-28)25(33-2)14-21(22)27/h3-4,6-11,14-15,17H,5,12-13H2,1-2H3,(H,30,31). The summed E-state index contributed by atoms with van der Waals surface area (Å²) in [5.74, 6) is 3.56. The Morgan fingerprint density at radius 1 is 0.943 bits per heavy atom. The van der Waals surface area contributed by atoms with Crippen LogP contribution in [0.3, 0.4) is 0 Å². The van der Waals surface area contributed by atoms with Gasteiger partial charge in [-0.25, -0.2) is 0 Å². The van der Waals surface area contributed by atoms with Crippen LogP contribution in [0.25, 0.3) is 10.9 Å². The van der Waals surface area contributed by atoms with E-state index in [4.69, 9.17) is 30.5 Å². The highest BCUT2D eigenvalue weighted by Gasteiger charge is 2.15. The highest BCUT2D eigenvalue weighted by molar-refractivity contribution is 6.17. The Kier molecular flexibility index (Phi) is 7.76. The van der Waals surface area contributed by atoms with Gasteiger partial charge in [-0.1, -0.05) is 12.1 Å². The Balaban J connectivity index is 1.63. The Labute approximate surface area is 208 Å². The fraction of sp³-hybridized carbons (Fsp3) is 0.185. The molecule has 4 aromatic rings. The third-order valence-corrected chi connectivity index (χ3v) is 5.50. The first-order valence-electron chi connectivity index (χ1n) is 10.9. The van der Waals surface area contributed by atoms with Crippen LogP contribution in [0.1, 0.15) is 12.0 Å².